The van der Waals surface area contributed by atoms with Crippen LogP contribution in [-0.2, 0) is 4.74 Å². The van der Waals surface area contributed by atoms with E-state index in [0.717, 1.165) is 6.42 Å². The lowest BCUT2D eigenvalue weighted by Gasteiger charge is -2.23. The van der Waals surface area contributed by atoms with Crippen molar-refractivity contribution in [3.63, 3.8) is 0 Å². The second kappa shape index (κ2) is 8.08. The molecule has 17 heavy (non-hydrogen) atoms. The molecular weight excluding hydrogens is 208 g/mol. The third-order valence-electron chi connectivity index (χ3n) is 3.21. The van der Waals surface area contributed by atoms with Crippen LogP contribution in [0.15, 0.2) is 43.0 Å². The van der Waals surface area contributed by atoms with Crippen molar-refractivity contribution in [3.8, 4) is 0 Å². The fraction of sp³-hybridized carbons (Fsp3) is 0.500. The van der Waals surface area contributed by atoms with E-state index in [9.17, 15) is 0 Å². The Balaban J connectivity index is 2.66. The lowest BCUT2D eigenvalue weighted by atomic mass is 9.91. The van der Waals surface area contributed by atoms with Crippen molar-refractivity contribution in [2.75, 3.05) is 7.11 Å². The van der Waals surface area contributed by atoms with Gasteiger partial charge in [0.2, 0.25) is 0 Å². The Bertz CT molecular complexity index is 305. The molecule has 1 rings (SSSR count). The normalized spacial score (nSPS) is 14.2. The fourth-order valence-corrected chi connectivity index (χ4v) is 2.22. The second-order valence-electron chi connectivity index (χ2n) is 4.46. The molecule has 1 nitrogen and oxygen atoms in total. The molecule has 2 atom stereocenters. The first-order chi connectivity index (χ1) is 8.33. The van der Waals surface area contributed by atoms with Gasteiger partial charge in [0, 0.05) is 13.0 Å². The zero-order chi connectivity index (χ0) is 12.5. The summed E-state index contributed by atoms with van der Waals surface area (Å²) in [6.07, 6.45) is 7.13. The van der Waals surface area contributed by atoms with Crippen molar-refractivity contribution >= 4 is 0 Å². The van der Waals surface area contributed by atoms with Gasteiger partial charge in [0.05, 0.1) is 6.10 Å². The monoisotopic (exact) mass is 232 g/mol. The Morgan fingerprint density at radius 1 is 1.24 bits per heavy atom. The molecule has 0 bridgehead atoms. The van der Waals surface area contributed by atoms with Crippen molar-refractivity contribution in [3.05, 3.63) is 48.6 Å². The van der Waals surface area contributed by atoms with E-state index in [0.29, 0.717) is 5.92 Å². The molecule has 0 radical (unpaired) electrons. The largest absolute Gasteiger partial charge is 0.376 e. The first kappa shape index (κ1) is 14.0. The fourth-order valence-electron chi connectivity index (χ4n) is 2.22. The maximum Gasteiger partial charge on any atom is 0.0883 e. The third-order valence-corrected chi connectivity index (χ3v) is 3.21. The minimum absolute atomic E-state index is 0.144. The molecular formula is C16H24O. The van der Waals surface area contributed by atoms with Gasteiger partial charge in [-0.3, -0.25) is 0 Å². The summed E-state index contributed by atoms with van der Waals surface area (Å²) in [4.78, 5) is 0. The number of hydrogen-bond donors (Lipinski definition) is 0. The molecule has 0 aliphatic carbocycles. The summed E-state index contributed by atoms with van der Waals surface area (Å²) >= 11 is 0. The van der Waals surface area contributed by atoms with Crippen LogP contribution in [0.1, 0.15) is 44.3 Å². The average Bonchev–Trinajstić information content (AvgIpc) is 2.39. The van der Waals surface area contributed by atoms with Gasteiger partial charge < -0.3 is 4.74 Å². The van der Waals surface area contributed by atoms with Gasteiger partial charge in [0.1, 0.15) is 0 Å². The van der Waals surface area contributed by atoms with Crippen molar-refractivity contribution < 1.29 is 4.74 Å². The Labute approximate surface area is 106 Å². The number of rotatable bonds is 8. The summed E-state index contributed by atoms with van der Waals surface area (Å²) in [5, 5.41) is 0. The van der Waals surface area contributed by atoms with Gasteiger partial charge in [-0.2, -0.15) is 0 Å². The van der Waals surface area contributed by atoms with Crippen LogP contribution in [0.25, 0.3) is 0 Å². The zero-order valence-electron chi connectivity index (χ0n) is 11.1. The first-order valence-corrected chi connectivity index (χ1v) is 6.53. The highest BCUT2D eigenvalue weighted by Gasteiger charge is 2.19. The van der Waals surface area contributed by atoms with Gasteiger partial charge in [0.25, 0.3) is 0 Å². The molecule has 0 aromatic heterocycles. The van der Waals surface area contributed by atoms with Gasteiger partial charge >= 0.3 is 0 Å². The highest BCUT2D eigenvalue weighted by molar-refractivity contribution is 5.19. The quantitative estimate of drug-likeness (QED) is 0.464. The number of methoxy groups -OCH3 is 1. The van der Waals surface area contributed by atoms with Crippen LogP contribution in [0.2, 0.25) is 0 Å². The topological polar surface area (TPSA) is 9.23 Å². The summed E-state index contributed by atoms with van der Waals surface area (Å²) in [6.45, 7) is 6.18. The van der Waals surface area contributed by atoms with E-state index in [2.05, 4.69) is 37.8 Å². The van der Waals surface area contributed by atoms with Gasteiger partial charge in [0.15, 0.2) is 0 Å². The van der Waals surface area contributed by atoms with E-state index in [1.165, 1.54) is 24.8 Å². The second-order valence-corrected chi connectivity index (χ2v) is 4.46. The van der Waals surface area contributed by atoms with Crippen LogP contribution in [0.4, 0.5) is 0 Å². The zero-order valence-corrected chi connectivity index (χ0v) is 11.1. The van der Waals surface area contributed by atoms with E-state index in [1.54, 1.807) is 7.11 Å². The molecule has 0 saturated carbocycles. The predicted octanol–water partition coefficient (Wildman–Crippen LogP) is 4.76. The molecule has 1 heteroatoms. The molecule has 2 unspecified atom stereocenters. The van der Waals surface area contributed by atoms with Crippen LogP contribution in [-0.4, -0.2) is 7.11 Å². The van der Waals surface area contributed by atoms with Crippen LogP contribution in [0.3, 0.4) is 0 Å². The first-order valence-electron chi connectivity index (χ1n) is 6.53. The van der Waals surface area contributed by atoms with Crippen LogP contribution in [0, 0.1) is 5.92 Å². The molecule has 0 amide bonds. The van der Waals surface area contributed by atoms with Crippen LogP contribution >= 0.6 is 0 Å². The Morgan fingerprint density at radius 2 is 1.94 bits per heavy atom. The van der Waals surface area contributed by atoms with Crippen LogP contribution in [0.5, 0.6) is 0 Å². The highest BCUT2D eigenvalue weighted by Crippen LogP contribution is 2.30. The maximum absolute atomic E-state index is 5.65. The van der Waals surface area contributed by atoms with E-state index >= 15 is 0 Å². The minimum atomic E-state index is 0.144. The molecule has 0 heterocycles. The third kappa shape index (κ3) is 4.35. The summed E-state index contributed by atoms with van der Waals surface area (Å²) in [5.41, 5.74) is 1.25. The molecule has 0 aliphatic heterocycles. The van der Waals surface area contributed by atoms with Crippen molar-refractivity contribution in [1.29, 1.82) is 0 Å². The lowest BCUT2D eigenvalue weighted by Crippen LogP contribution is -2.13. The average molecular weight is 232 g/mol. The SMILES string of the molecule is C=CC(CCCCC)C(OC)c1ccccc1. The molecule has 1 aromatic rings. The molecule has 94 valence electrons. The molecule has 0 spiro atoms. The lowest BCUT2D eigenvalue weighted by molar-refractivity contribution is 0.0643. The number of hydrogen-bond acceptors (Lipinski definition) is 1. The van der Waals surface area contributed by atoms with Crippen LogP contribution < -0.4 is 0 Å². The Kier molecular flexibility index (Phi) is 6.64. The molecule has 0 aliphatic rings. The van der Waals surface area contributed by atoms with Gasteiger partial charge in [-0.1, -0.05) is 62.6 Å². The Morgan fingerprint density at radius 3 is 2.47 bits per heavy atom. The van der Waals surface area contributed by atoms with Crippen molar-refractivity contribution in [1.82, 2.24) is 0 Å². The number of unbranched alkanes of at least 4 members (excludes halogenated alkanes) is 2. The van der Waals surface area contributed by atoms with E-state index in [4.69, 9.17) is 4.74 Å². The van der Waals surface area contributed by atoms with E-state index < -0.39 is 0 Å². The summed E-state index contributed by atoms with van der Waals surface area (Å²) < 4.78 is 5.65. The molecule has 1 aromatic carbocycles. The van der Waals surface area contributed by atoms with Gasteiger partial charge in [-0.15, -0.1) is 6.58 Å². The number of benzene rings is 1. The minimum Gasteiger partial charge on any atom is -0.376 e. The Hall–Kier alpha value is -1.08. The summed E-state index contributed by atoms with van der Waals surface area (Å²) in [7, 11) is 1.79. The van der Waals surface area contributed by atoms with E-state index in [1.807, 2.05) is 12.1 Å². The standard InChI is InChI=1S/C16H24O/c1-4-6-8-11-14(5-2)16(17-3)15-12-9-7-10-13-15/h5,7,9-10,12-14,16H,2,4,6,8,11H2,1,3H3. The summed E-state index contributed by atoms with van der Waals surface area (Å²) in [6, 6.07) is 10.4. The molecule has 0 saturated heterocycles. The van der Waals surface area contributed by atoms with Gasteiger partial charge in [-0.05, 0) is 12.0 Å². The van der Waals surface area contributed by atoms with E-state index in [-0.39, 0.29) is 6.10 Å². The maximum atomic E-state index is 5.65. The van der Waals surface area contributed by atoms with Crippen molar-refractivity contribution in [2.45, 2.75) is 38.7 Å². The van der Waals surface area contributed by atoms with Crippen molar-refractivity contribution in [2.24, 2.45) is 5.92 Å². The number of ether oxygens (including phenoxy) is 1. The smallest absolute Gasteiger partial charge is 0.0883 e. The summed E-state index contributed by atoms with van der Waals surface area (Å²) in [5.74, 6) is 0.411. The molecule has 0 N–H and O–H groups in total. The van der Waals surface area contributed by atoms with Gasteiger partial charge in [-0.25, -0.2) is 0 Å². The predicted molar refractivity (Wildman–Crippen MR) is 74.0 cm³/mol. The highest BCUT2D eigenvalue weighted by atomic mass is 16.5. The molecule has 0 fully saturated rings.